The summed E-state index contributed by atoms with van der Waals surface area (Å²) in [5.74, 6) is -1.24. The van der Waals surface area contributed by atoms with Crippen LogP contribution in [0.3, 0.4) is 0 Å². The Bertz CT molecular complexity index is 890. The number of benzene rings is 1. The standard InChI is InChI=1S/C18H19ClN4O4S/c1-10(2)16(18(25)21-12-5-7-15(28-3)20-9-12)22-17(24)11-4-6-13(19)14(8-11)23(26)27/h4-10,16H,1-3H3,(H,21,25)(H,22,24). The lowest BCUT2D eigenvalue weighted by atomic mass is 10.0. The average Bonchev–Trinajstić information content (AvgIpc) is 2.66. The minimum absolute atomic E-state index is 0.0422. The van der Waals surface area contributed by atoms with Crippen LogP contribution >= 0.6 is 23.4 Å². The highest BCUT2D eigenvalue weighted by molar-refractivity contribution is 7.98. The molecule has 1 aromatic carbocycles. The molecular formula is C18H19ClN4O4S. The zero-order valence-electron chi connectivity index (χ0n) is 15.4. The third kappa shape index (κ3) is 5.43. The number of pyridine rings is 1. The number of carbonyl (C=O) groups excluding carboxylic acids is 2. The lowest BCUT2D eigenvalue weighted by Gasteiger charge is -2.21. The summed E-state index contributed by atoms with van der Waals surface area (Å²) in [7, 11) is 0. The van der Waals surface area contributed by atoms with Crippen LogP contribution in [0.15, 0.2) is 41.6 Å². The number of nitrogens with zero attached hydrogens (tertiary/aromatic N) is 2. The number of nitro groups is 1. The maximum Gasteiger partial charge on any atom is 0.288 e. The number of halogens is 1. The van der Waals surface area contributed by atoms with E-state index in [0.29, 0.717) is 5.69 Å². The SMILES string of the molecule is CSc1ccc(NC(=O)C(NC(=O)c2ccc(Cl)c([N+](=O)[O-])c2)C(C)C)cn1. The fourth-order valence-corrected chi connectivity index (χ4v) is 2.90. The van der Waals surface area contributed by atoms with E-state index in [1.165, 1.54) is 30.1 Å². The van der Waals surface area contributed by atoms with E-state index in [1.54, 1.807) is 26.0 Å². The predicted molar refractivity (Wildman–Crippen MR) is 109 cm³/mol. The molecule has 1 heterocycles. The summed E-state index contributed by atoms with van der Waals surface area (Å²) >= 11 is 7.25. The summed E-state index contributed by atoms with van der Waals surface area (Å²) in [5, 5.41) is 17.1. The number of aromatic nitrogens is 1. The van der Waals surface area contributed by atoms with Crippen molar-refractivity contribution in [3.63, 3.8) is 0 Å². The summed E-state index contributed by atoms with van der Waals surface area (Å²) in [5.41, 5.74) is 0.171. The van der Waals surface area contributed by atoms with Gasteiger partial charge in [0.1, 0.15) is 11.1 Å². The van der Waals surface area contributed by atoms with Gasteiger partial charge in [-0.1, -0.05) is 25.4 Å². The molecule has 0 bridgehead atoms. The summed E-state index contributed by atoms with van der Waals surface area (Å²) in [6.45, 7) is 3.56. The number of carbonyl (C=O) groups is 2. The number of thioether (sulfide) groups is 1. The van der Waals surface area contributed by atoms with Crippen molar-refractivity contribution in [3.05, 3.63) is 57.2 Å². The quantitative estimate of drug-likeness (QED) is 0.399. The van der Waals surface area contributed by atoms with Crippen molar-refractivity contribution in [2.75, 3.05) is 11.6 Å². The van der Waals surface area contributed by atoms with Crippen molar-refractivity contribution < 1.29 is 14.5 Å². The van der Waals surface area contributed by atoms with Crippen LogP contribution in [0, 0.1) is 16.0 Å². The Labute approximate surface area is 171 Å². The number of nitrogens with one attached hydrogen (secondary N) is 2. The van der Waals surface area contributed by atoms with Crippen LogP contribution in [0.1, 0.15) is 24.2 Å². The molecule has 0 aliphatic heterocycles. The first kappa shape index (κ1) is 21.6. The van der Waals surface area contributed by atoms with Crippen molar-refractivity contribution in [2.45, 2.75) is 24.9 Å². The minimum Gasteiger partial charge on any atom is -0.340 e. The maximum atomic E-state index is 12.6. The Kier molecular flexibility index (Phi) is 7.36. The second-order valence-corrected chi connectivity index (χ2v) is 7.43. The first-order valence-corrected chi connectivity index (χ1v) is 9.89. The zero-order valence-corrected chi connectivity index (χ0v) is 17.0. The van der Waals surface area contributed by atoms with Crippen molar-refractivity contribution in [1.29, 1.82) is 0 Å². The Morgan fingerprint density at radius 1 is 1.25 bits per heavy atom. The molecule has 0 saturated carbocycles. The van der Waals surface area contributed by atoms with E-state index >= 15 is 0 Å². The number of hydrogen-bond donors (Lipinski definition) is 2. The Balaban J connectivity index is 2.15. The van der Waals surface area contributed by atoms with Gasteiger partial charge < -0.3 is 10.6 Å². The van der Waals surface area contributed by atoms with Crippen LogP contribution in [0.5, 0.6) is 0 Å². The minimum atomic E-state index is -0.845. The molecule has 2 rings (SSSR count). The molecule has 2 amide bonds. The van der Waals surface area contributed by atoms with Gasteiger partial charge in [-0.3, -0.25) is 19.7 Å². The Hall–Kier alpha value is -2.65. The van der Waals surface area contributed by atoms with Crippen LogP contribution in [0.4, 0.5) is 11.4 Å². The molecular weight excluding hydrogens is 404 g/mol. The third-order valence-corrected chi connectivity index (χ3v) is 4.83. The molecule has 2 N–H and O–H groups in total. The fraction of sp³-hybridized carbons (Fsp3) is 0.278. The van der Waals surface area contributed by atoms with Crippen LogP contribution < -0.4 is 10.6 Å². The smallest absolute Gasteiger partial charge is 0.288 e. The van der Waals surface area contributed by atoms with Gasteiger partial charge >= 0.3 is 0 Å². The van der Waals surface area contributed by atoms with E-state index in [1.807, 2.05) is 6.26 Å². The van der Waals surface area contributed by atoms with Gasteiger partial charge in [0, 0.05) is 11.6 Å². The summed E-state index contributed by atoms with van der Waals surface area (Å²) < 4.78 is 0. The molecule has 0 spiro atoms. The van der Waals surface area contributed by atoms with E-state index in [4.69, 9.17) is 11.6 Å². The number of amides is 2. The van der Waals surface area contributed by atoms with Crippen LogP contribution in [-0.4, -0.2) is 34.0 Å². The van der Waals surface area contributed by atoms with Gasteiger partial charge in [-0.15, -0.1) is 11.8 Å². The molecule has 0 aliphatic carbocycles. The molecule has 148 valence electrons. The molecule has 0 aliphatic rings. The van der Waals surface area contributed by atoms with E-state index in [0.717, 1.165) is 11.1 Å². The summed E-state index contributed by atoms with van der Waals surface area (Å²) in [6.07, 6.45) is 3.43. The van der Waals surface area contributed by atoms with Gasteiger partial charge in [0.25, 0.3) is 11.6 Å². The van der Waals surface area contributed by atoms with Crippen molar-refractivity contribution in [1.82, 2.24) is 10.3 Å². The molecule has 8 nitrogen and oxygen atoms in total. The highest BCUT2D eigenvalue weighted by Crippen LogP contribution is 2.25. The largest absolute Gasteiger partial charge is 0.340 e. The van der Waals surface area contributed by atoms with Crippen molar-refractivity contribution in [3.8, 4) is 0 Å². The zero-order chi connectivity index (χ0) is 20.8. The molecule has 10 heteroatoms. The molecule has 1 atom stereocenters. The van der Waals surface area contributed by atoms with Crippen LogP contribution in [0.2, 0.25) is 5.02 Å². The second-order valence-electron chi connectivity index (χ2n) is 6.20. The van der Waals surface area contributed by atoms with Gasteiger partial charge in [-0.25, -0.2) is 4.98 Å². The first-order valence-electron chi connectivity index (χ1n) is 8.28. The molecule has 28 heavy (non-hydrogen) atoms. The van der Waals surface area contributed by atoms with E-state index < -0.39 is 22.8 Å². The van der Waals surface area contributed by atoms with E-state index in [-0.39, 0.29) is 22.2 Å². The van der Waals surface area contributed by atoms with Crippen molar-refractivity contribution >= 4 is 46.6 Å². The number of rotatable bonds is 7. The van der Waals surface area contributed by atoms with E-state index in [2.05, 4.69) is 15.6 Å². The van der Waals surface area contributed by atoms with Gasteiger partial charge in [-0.05, 0) is 36.4 Å². The van der Waals surface area contributed by atoms with Gasteiger partial charge in [-0.2, -0.15) is 0 Å². The van der Waals surface area contributed by atoms with Gasteiger partial charge in [0.15, 0.2) is 0 Å². The molecule has 2 aromatic rings. The second kappa shape index (κ2) is 9.52. The van der Waals surface area contributed by atoms with Gasteiger partial charge in [0.05, 0.1) is 21.8 Å². The average molecular weight is 423 g/mol. The molecule has 0 saturated heterocycles. The molecule has 1 aromatic heterocycles. The van der Waals surface area contributed by atoms with Crippen molar-refractivity contribution in [2.24, 2.45) is 5.92 Å². The first-order chi connectivity index (χ1) is 13.2. The molecule has 0 radical (unpaired) electrons. The summed E-state index contributed by atoms with van der Waals surface area (Å²) in [6, 6.07) is 6.37. The topological polar surface area (TPSA) is 114 Å². The Morgan fingerprint density at radius 3 is 2.50 bits per heavy atom. The summed E-state index contributed by atoms with van der Waals surface area (Å²) in [4.78, 5) is 39.6. The monoisotopic (exact) mass is 422 g/mol. The van der Waals surface area contributed by atoms with Crippen LogP contribution in [-0.2, 0) is 4.79 Å². The molecule has 1 unspecified atom stereocenters. The third-order valence-electron chi connectivity index (χ3n) is 3.85. The number of nitro benzene ring substituents is 1. The van der Waals surface area contributed by atoms with E-state index in [9.17, 15) is 19.7 Å². The van der Waals surface area contributed by atoms with Gasteiger partial charge in [0.2, 0.25) is 5.91 Å². The predicted octanol–water partition coefficient (Wildman–Crippen LogP) is 3.76. The Morgan fingerprint density at radius 2 is 1.96 bits per heavy atom. The number of anilines is 1. The lowest BCUT2D eigenvalue weighted by molar-refractivity contribution is -0.384. The van der Waals surface area contributed by atoms with Crippen LogP contribution in [0.25, 0.3) is 0 Å². The number of hydrogen-bond acceptors (Lipinski definition) is 6. The highest BCUT2D eigenvalue weighted by atomic mass is 35.5. The normalized spacial score (nSPS) is 11.8. The molecule has 0 fully saturated rings. The maximum absolute atomic E-state index is 12.6. The fourth-order valence-electron chi connectivity index (χ4n) is 2.35. The lowest BCUT2D eigenvalue weighted by Crippen LogP contribution is -2.47. The highest BCUT2D eigenvalue weighted by Gasteiger charge is 2.26.